The molecule has 0 bridgehead atoms. The fraction of sp³-hybridized carbons (Fsp3) is 0.385. The summed E-state index contributed by atoms with van der Waals surface area (Å²) in [6, 6.07) is 15.3. The predicted octanol–water partition coefficient (Wildman–Crippen LogP) is 1.95. The third kappa shape index (κ3) is 5.89. The Morgan fingerprint density at radius 2 is 1.72 bits per heavy atom. The summed E-state index contributed by atoms with van der Waals surface area (Å²) in [5.74, 6) is -0.599. The van der Waals surface area contributed by atoms with E-state index in [0.29, 0.717) is 29.9 Å². The maximum Gasteiger partial charge on any atom is 0.414 e. The highest BCUT2D eigenvalue weighted by molar-refractivity contribution is 6.11. The van der Waals surface area contributed by atoms with Gasteiger partial charge in [-0.15, -0.1) is 0 Å². The molecule has 2 heterocycles. The number of carbonyl (C=O) groups is 3. The van der Waals surface area contributed by atoms with Gasteiger partial charge in [0.25, 0.3) is 5.91 Å². The van der Waals surface area contributed by atoms with Crippen LogP contribution in [0.3, 0.4) is 0 Å². The molecule has 4 rings (SSSR count). The highest BCUT2D eigenvalue weighted by atomic mass is 16.6. The molecule has 0 spiro atoms. The number of rotatable bonds is 7. The molecule has 2 N–H and O–H groups in total. The first kappa shape index (κ1) is 25.3. The zero-order valence-corrected chi connectivity index (χ0v) is 20.5. The maximum atomic E-state index is 12.5. The van der Waals surface area contributed by atoms with Crippen LogP contribution < -0.4 is 10.2 Å². The maximum absolute atomic E-state index is 12.5. The Kier molecular flexibility index (Phi) is 7.97. The normalized spacial score (nSPS) is 19.4. The number of piperazine rings is 1. The van der Waals surface area contributed by atoms with Crippen LogP contribution in [0.4, 0.5) is 10.5 Å². The molecule has 2 fully saturated rings. The number of cyclic esters (lactones) is 1. The van der Waals surface area contributed by atoms with Gasteiger partial charge in [-0.2, -0.15) is 0 Å². The van der Waals surface area contributed by atoms with E-state index in [4.69, 9.17) is 14.9 Å². The molecular formula is C26H31N5O5. The van der Waals surface area contributed by atoms with Crippen molar-refractivity contribution >= 4 is 29.5 Å². The van der Waals surface area contributed by atoms with E-state index in [1.165, 1.54) is 7.11 Å². The molecule has 0 aromatic heterocycles. The number of ether oxygens (including phenoxy) is 2. The van der Waals surface area contributed by atoms with Crippen LogP contribution >= 0.6 is 0 Å². The van der Waals surface area contributed by atoms with Gasteiger partial charge in [0.15, 0.2) is 0 Å². The molecule has 10 nitrogen and oxygen atoms in total. The minimum absolute atomic E-state index is 0.0158. The number of hydrogen-bond acceptors (Lipinski definition) is 8. The Labute approximate surface area is 210 Å². The monoisotopic (exact) mass is 493 g/mol. The van der Waals surface area contributed by atoms with Crippen LogP contribution in [0.5, 0.6) is 0 Å². The lowest BCUT2D eigenvalue weighted by atomic mass is 10.1. The summed E-state index contributed by atoms with van der Waals surface area (Å²) in [5, 5.41) is 10.8. The molecule has 0 aliphatic carbocycles. The smallest absolute Gasteiger partial charge is 0.414 e. The minimum Gasteiger partial charge on any atom is -0.468 e. The van der Waals surface area contributed by atoms with Crippen molar-refractivity contribution in [2.75, 3.05) is 51.3 Å². The molecule has 0 saturated carbocycles. The van der Waals surface area contributed by atoms with E-state index in [1.54, 1.807) is 53.4 Å². The van der Waals surface area contributed by atoms with Crippen LogP contribution in [-0.4, -0.2) is 92.1 Å². The number of methoxy groups -OCH3 is 1. The number of nitrogens with zero attached hydrogens (tertiary/aromatic N) is 3. The van der Waals surface area contributed by atoms with Gasteiger partial charge < -0.3 is 14.8 Å². The molecule has 2 unspecified atom stereocenters. The first-order valence-corrected chi connectivity index (χ1v) is 11.9. The van der Waals surface area contributed by atoms with Gasteiger partial charge in [-0.25, -0.2) is 4.79 Å². The van der Waals surface area contributed by atoms with Crippen LogP contribution in [0.2, 0.25) is 0 Å². The van der Waals surface area contributed by atoms with Crippen molar-refractivity contribution in [3.05, 3.63) is 65.7 Å². The molecular weight excluding hydrogens is 462 g/mol. The molecule has 190 valence electrons. The van der Waals surface area contributed by atoms with Crippen LogP contribution in [-0.2, 0) is 14.3 Å². The second-order valence-corrected chi connectivity index (χ2v) is 8.89. The van der Waals surface area contributed by atoms with Gasteiger partial charge in [-0.05, 0) is 43.3 Å². The van der Waals surface area contributed by atoms with Gasteiger partial charge >= 0.3 is 12.1 Å². The SMILES string of the molecule is COC(=O)C(C)N1CCN(CC2CN(c3ccc(C(=N)NC(=O)c4ccccc4)cc3)C(=O)O2)CC1. The molecule has 2 atom stereocenters. The van der Waals surface area contributed by atoms with E-state index in [-0.39, 0.29) is 29.9 Å². The van der Waals surface area contributed by atoms with Crippen LogP contribution in [0, 0.1) is 5.41 Å². The Balaban J connectivity index is 1.28. The fourth-order valence-electron chi connectivity index (χ4n) is 4.42. The van der Waals surface area contributed by atoms with Gasteiger partial charge in [0.05, 0.1) is 13.7 Å². The number of benzene rings is 2. The lowest BCUT2D eigenvalue weighted by Crippen LogP contribution is -2.53. The Bertz CT molecular complexity index is 1100. The van der Waals surface area contributed by atoms with E-state index in [0.717, 1.165) is 26.2 Å². The van der Waals surface area contributed by atoms with Crippen molar-refractivity contribution < 1.29 is 23.9 Å². The van der Waals surface area contributed by atoms with Crippen LogP contribution in [0.25, 0.3) is 0 Å². The fourth-order valence-corrected chi connectivity index (χ4v) is 4.42. The summed E-state index contributed by atoms with van der Waals surface area (Å²) >= 11 is 0. The molecule has 2 aliphatic heterocycles. The molecule has 2 aromatic carbocycles. The Hall–Kier alpha value is -3.76. The van der Waals surface area contributed by atoms with Gasteiger partial charge in [0, 0.05) is 49.5 Å². The molecule has 10 heteroatoms. The number of hydrogen-bond donors (Lipinski definition) is 2. The van der Waals surface area contributed by atoms with E-state index in [1.807, 2.05) is 13.0 Å². The average molecular weight is 494 g/mol. The lowest BCUT2D eigenvalue weighted by Gasteiger charge is -2.37. The molecule has 2 aromatic rings. The van der Waals surface area contributed by atoms with Gasteiger partial charge in [0.2, 0.25) is 0 Å². The molecule has 2 aliphatic rings. The quantitative estimate of drug-likeness (QED) is 0.344. The minimum atomic E-state index is -0.404. The number of amides is 2. The zero-order chi connectivity index (χ0) is 25.7. The first-order valence-electron chi connectivity index (χ1n) is 11.9. The third-order valence-electron chi connectivity index (χ3n) is 6.57. The molecule has 2 saturated heterocycles. The van der Waals surface area contributed by atoms with E-state index >= 15 is 0 Å². The van der Waals surface area contributed by atoms with E-state index < -0.39 is 6.09 Å². The van der Waals surface area contributed by atoms with Crippen molar-refractivity contribution in [1.29, 1.82) is 5.41 Å². The summed E-state index contributed by atoms with van der Waals surface area (Å²) < 4.78 is 10.4. The van der Waals surface area contributed by atoms with Gasteiger partial charge in [-0.3, -0.25) is 29.7 Å². The molecule has 36 heavy (non-hydrogen) atoms. The second-order valence-electron chi connectivity index (χ2n) is 8.89. The predicted molar refractivity (Wildman–Crippen MR) is 134 cm³/mol. The number of amidine groups is 1. The second kappa shape index (κ2) is 11.3. The highest BCUT2D eigenvalue weighted by Crippen LogP contribution is 2.23. The van der Waals surface area contributed by atoms with Crippen molar-refractivity contribution in [3.8, 4) is 0 Å². The summed E-state index contributed by atoms with van der Waals surface area (Å²) in [5.41, 5.74) is 1.68. The lowest BCUT2D eigenvalue weighted by molar-refractivity contribution is -0.147. The summed E-state index contributed by atoms with van der Waals surface area (Å²) in [7, 11) is 1.40. The Morgan fingerprint density at radius 1 is 1.06 bits per heavy atom. The van der Waals surface area contributed by atoms with Crippen molar-refractivity contribution in [2.24, 2.45) is 0 Å². The van der Waals surface area contributed by atoms with E-state index in [2.05, 4.69) is 15.1 Å². The van der Waals surface area contributed by atoms with Crippen LogP contribution in [0.15, 0.2) is 54.6 Å². The highest BCUT2D eigenvalue weighted by Gasteiger charge is 2.35. The van der Waals surface area contributed by atoms with Crippen molar-refractivity contribution in [1.82, 2.24) is 15.1 Å². The van der Waals surface area contributed by atoms with Gasteiger partial charge in [0.1, 0.15) is 18.0 Å². The number of carbonyl (C=O) groups excluding carboxylic acids is 3. The zero-order valence-electron chi connectivity index (χ0n) is 20.5. The van der Waals surface area contributed by atoms with Crippen molar-refractivity contribution in [3.63, 3.8) is 0 Å². The summed E-state index contributed by atoms with van der Waals surface area (Å²) in [6.45, 7) is 5.95. The largest absolute Gasteiger partial charge is 0.468 e. The molecule has 0 radical (unpaired) electrons. The third-order valence-corrected chi connectivity index (χ3v) is 6.57. The number of nitrogens with one attached hydrogen (secondary N) is 2. The van der Waals surface area contributed by atoms with Crippen molar-refractivity contribution in [2.45, 2.75) is 19.1 Å². The molecule has 2 amide bonds. The Morgan fingerprint density at radius 3 is 2.36 bits per heavy atom. The number of esters is 1. The van der Waals surface area contributed by atoms with E-state index in [9.17, 15) is 14.4 Å². The topological polar surface area (TPSA) is 115 Å². The number of anilines is 1. The summed E-state index contributed by atoms with van der Waals surface area (Å²) in [4.78, 5) is 42.5. The standard InChI is InChI=1S/C26H31N5O5/c1-18(25(33)35-2)30-14-12-29(13-15-30)16-22-17-31(26(34)36-22)21-10-8-19(9-11-21)23(27)28-24(32)20-6-4-3-5-7-20/h3-11,18,22H,12-17H2,1-2H3,(H2,27,28,32). The van der Waals surface area contributed by atoms with Crippen LogP contribution in [0.1, 0.15) is 22.8 Å². The summed E-state index contributed by atoms with van der Waals surface area (Å²) in [6.07, 6.45) is -0.664. The average Bonchev–Trinajstić information content (AvgIpc) is 3.28. The van der Waals surface area contributed by atoms with Gasteiger partial charge in [-0.1, -0.05) is 18.2 Å². The first-order chi connectivity index (χ1) is 17.4.